The van der Waals surface area contributed by atoms with Gasteiger partial charge in [0, 0.05) is 18.0 Å². The molecule has 0 saturated heterocycles. The number of rotatable bonds is 2. The van der Waals surface area contributed by atoms with Crippen LogP contribution in [0.1, 0.15) is 16.5 Å². The maximum Gasteiger partial charge on any atom is 0.133 e. The van der Waals surface area contributed by atoms with E-state index in [9.17, 15) is 0 Å². The number of aryl methyl sites for hydroxylation is 1. The maximum atomic E-state index is 5.82. The summed E-state index contributed by atoms with van der Waals surface area (Å²) in [5.41, 5.74) is 0.914. The largest absolute Gasteiger partial charge is 0.249 e. The van der Waals surface area contributed by atoms with Gasteiger partial charge in [0.15, 0.2) is 0 Å². The Morgan fingerprint density at radius 3 is 2.93 bits per heavy atom. The third-order valence-electron chi connectivity index (χ3n) is 1.68. The monoisotopic (exact) mass is 225 g/mol. The minimum absolute atomic E-state index is 0.490. The van der Waals surface area contributed by atoms with Crippen molar-refractivity contribution in [2.75, 3.05) is 0 Å². The van der Waals surface area contributed by atoms with Gasteiger partial charge >= 0.3 is 0 Å². The molecule has 14 heavy (non-hydrogen) atoms. The van der Waals surface area contributed by atoms with Gasteiger partial charge in [-0.3, -0.25) is 0 Å². The first-order valence-electron chi connectivity index (χ1n) is 4.12. The van der Waals surface area contributed by atoms with Crippen molar-refractivity contribution in [1.29, 1.82) is 0 Å². The Bertz CT molecular complexity index is 407. The zero-order valence-corrected chi connectivity index (χ0v) is 9.14. The highest BCUT2D eigenvalue weighted by atomic mass is 35.5. The van der Waals surface area contributed by atoms with Gasteiger partial charge in [-0.2, -0.15) is 0 Å². The van der Waals surface area contributed by atoms with Crippen molar-refractivity contribution >= 4 is 22.9 Å². The van der Waals surface area contributed by atoms with Crippen LogP contribution in [-0.2, 0) is 6.42 Å². The highest BCUT2D eigenvalue weighted by Crippen LogP contribution is 2.13. The zero-order valence-electron chi connectivity index (χ0n) is 7.57. The van der Waals surface area contributed by atoms with Crippen LogP contribution >= 0.6 is 22.9 Å². The molecule has 0 radical (unpaired) electrons. The lowest BCUT2D eigenvalue weighted by Crippen LogP contribution is -1.96. The molecule has 2 rings (SSSR count). The molecule has 0 aromatic carbocycles. The van der Waals surface area contributed by atoms with Crippen molar-refractivity contribution < 1.29 is 0 Å². The van der Waals surface area contributed by atoms with E-state index >= 15 is 0 Å². The molecule has 0 aliphatic heterocycles. The van der Waals surface area contributed by atoms with Gasteiger partial charge in [0.05, 0.1) is 10.7 Å². The molecule has 0 bridgehead atoms. The number of hydrogen-bond acceptors (Lipinski definition) is 4. The van der Waals surface area contributed by atoms with Crippen molar-refractivity contribution in [1.82, 2.24) is 15.0 Å². The molecule has 3 nitrogen and oxygen atoms in total. The molecule has 0 N–H and O–H groups in total. The van der Waals surface area contributed by atoms with Crippen LogP contribution in [0.5, 0.6) is 0 Å². The van der Waals surface area contributed by atoms with Crippen molar-refractivity contribution in [3.05, 3.63) is 39.3 Å². The summed E-state index contributed by atoms with van der Waals surface area (Å²) >= 11 is 7.44. The first kappa shape index (κ1) is 9.55. The summed E-state index contributed by atoms with van der Waals surface area (Å²) in [4.78, 5) is 12.5. The molecule has 0 aliphatic rings. The fourth-order valence-corrected chi connectivity index (χ4v) is 2.06. The van der Waals surface area contributed by atoms with Crippen molar-refractivity contribution in [3.63, 3.8) is 0 Å². The zero-order chi connectivity index (χ0) is 9.97. The molecule has 0 amide bonds. The summed E-state index contributed by atoms with van der Waals surface area (Å²) < 4.78 is 0. The second kappa shape index (κ2) is 4.02. The van der Waals surface area contributed by atoms with E-state index in [0.717, 1.165) is 17.1 Å². The van der Waals surface area contributed by atoms with E-state index < -0.39 is 0 Å². The predicted octanol–water partition coefficient (Wildman–Crippen LogP) is 2.49. The number of halogens is 1. The van der Waals surface area contributed by atoms with Gasteiger partial charge in [0.1, 0.15) is 11.0 Å². The number of thiazole rings is 1. The van der Waals surface area contributed by atoms with Crippen LogP contribution in [0.15, 0.2) is 17.6 Å². The third kappa shape index (κ3) is 2.27. The van der Waals surface area contributed by atoms with Crippen LogP contribution in [0.2, 0.25) is 5.15 Å². The molecule has 0 aliphatic carbocycles. The fraction of sp³-hybridized carbons (Fsp3) is 0.222. The molecule has 2 heterocycles. The summed E-state index contributed by atoms with van der Waals surface area (Å²) in [6, 6.07) is 1.77. The van der Waals surface area contributed by atoms with Gasteiger partial charge in [0.2, 0.25) is 0 Å². The molecular formula is C9H8ClN3S. The first-order chi connectivity index (χ1) is 6.74. The van der Waals surface area contributed by atoms with E-state index in [1.54, 1.807) is 23.6 Å². The SMILES string of the molecule is Cc1nc(Cl)cc(Cc2nccs2)n1. The molecule has 2 aromatic heterocycles. The first-order valence-corrected chi connectivity index (χ1v) is 5.38. The molecule has 5 heteroatoms. The fourth-order valence-electron chi connectivity index (χ4n) is 1.18. The van der Waals surface area contributed by atoms with Gasteiger partial charge in [-0.25, -0.2) is 15.0 Å². The molecule has 2 aromatic rings. The topological polar surface area (TPSA) is 38.7 Å². The Kier molecular flexibility index (Phi) is 2.74. The minimum atomic E-state index is 0.490. The standard InChI is InChI=1S/C9H8ClN3S/c1-6-12-7(4-8(10)13-6)5-9-11-2-3-14-9/h2-4H,5H2,1H3. The Balaban J connectivity index is 2.25. The molecule has 72 valence electrons. The molecule has 0 unspecified atom stereocenters. The van der Waals surface area contributed by atoms with Gasteiger partial charge in [0.25, 0.3) is 0 Å². The quantitative estimate of drug-likeness (QED) is 0.738. The molecule has 0 fully saturated rings. The van der Waals surface area contributed by atoms with Crippen LogP contribution in [-0.4, -0.2) is 15.0 Å². The lowest BCUT2D eigenvalue weighted by molar-refractivity contribution is 0.961. The van der Waals surface area contributed by atoms with E-state index in [1.165, 1.54) is 0 Å². The van der Waals surface area contributed by atoms with Gasteiger partial charge in [-0.15, -0.1) is 11.3 Å². The number of hydrogen-bond donors (Lipinski definition) is 0. The van der Waals surface area contributed by atoms with Gasteiger partial charge in [-0.1, -0.05) is 11.6 Å². The highest BCUT2D eigenvalue weighted by Gasteiger charge is 2.03. The van der Waals surface area contributed by atoms with Crippen LogP contribution < -0.4 is 0 Å². The van der Waals surface area contributed by atoms with E-state index in [0.29, 0.717) is 11.0 Å². The minimum Gasteiger partial charge on any atom is -0.249 e. The van der Waals surface area contributed by atoms with Crippen molar-refractivity contribution in [3.8, 4) is 0 Å². The summed E-state index contributed by atoms with van der Waals surface area (Å²) in [6.07, 6.45) is 2.51. The highest BCUT2D eigenvalue weighted by molar-refractivity contribution is 7.09. The summed E-state index contributed by atoms with van der Waals surface area (Å²) in [7, 11) is 0. The second-order valence-electron chi connectivity index (χ2n) is 2.83. The van der Waals surface area contributed by atoms with Gasteiger partial charge in [-0.05, 0) is 13.0 Å². The average Bonchev–Trinajstić information content (AvgIpc) is 2.54. The Morgan fingerprint density at radius 2 is 2.29 bits per heavy atom. The number of nitrogens with zero attached hydrogens (tertiary/aromatic N) is 3. The smallest absolute Gasteiger partial charge is 0.133 e. The molecule has 0 atom stereocenters. The van der Waals surface area contributed by atoms with Crippen molar-refractivity contribution in [2.45, 2.75) is 13.3 Å². The lowest BCUT2D eigenvalue weighted by atomic mass is 10.3. The van der Waals surface area contributed by atoms with Gasteiger partial charge < -0.3 is 0 Å². The van der Waals surface area contributed by atoms with Crippen molar-refractivity contribution in [2.24, 2.45) is 0 Å². The Labute approximate surface area is 90.8 Å². The Hall–Kier alpha value is -1.00. The van der Waals surface area contributed by atoms with E-state index in [-0.39, 0.29) is 0 Å². The summed E-state index contributed by atoms with van der Waals surface area (Å²) in [5.74, 6) is 0.698. The van der Waals surface area contributed by atoms with Crippen LogP contribution in [0.3, 0.4) is 0 Å². The molecular weight excluding hydrogens is 218 g/mol. The normalized spacial score (nSPS) is 10.4. The predicted molar refractivity (Wildman–Crippen MR) is 56.7 cm³/mol. The summed E-state index contributed by atoms with van der Waals surface area (Å²) in [5, 5.41) is 3.48. The maximum absolute atomic E-state index is 5.82. The Morgan fingerprint density at radius 1 is 1.43 bits per heavy atom. The average molecular weight is 226 g/mol. The van der Waals surface area contributed by atoms with E-state index in [1.807, 2.05) is 12.3 Å². The molecule has 0 spiro atoms. The van der Waals surface area contributed by atoms with Crippen LogP contribution in [0, 0.1) is 6.92 Å². The van der Waals surface area contributed by atoms with Crippen LogP contribution in [0.4, 0.5) is 0 Å². The van der Waals surface area contributed by atoms with E-state index in [4.69, 9.17) is 11.6 Å². The summed E-state index contributed by atoms with van der Waals surface area (Å²) in [6.45, 7) is 1.83. The molecule has 0 saturated carbocycles. The lowest BCUT2D eigenvalue weighted by Gasteiger charge is -1.99. The third-order valence-corrected chi connectivity index (χ3v) is 2.65. The number of aromatic nitrogens is 3. The van der Waals surface area contributed by atoms with Crippen LogP contribution in [0.25, 0.3) is 0 Å². The second-order valence-corrected chi connectivity index (χ2v) is 4.20. The van der Waals surface area contributed by atoms with E-state index in [2.05, 4.69) is 15.0 Å².